The van der Waals surface area contributed by atoms with Gasteiger partial charge >= 0.3 is 7.82 Å². The highest BCUT2D eigenvalue weighted by Crippen LogP contribution is 2.49. The van der Waals surface area contributed by atoms with Gasteiger partial charge in [-0.25, -0.2) is 4.57 Å². The summed E-state index contributed by atoms with van der Waals surface area (Å²) in [6.45, 7) is 10.4. The standard InChI is InChI=1S/C14H23O4P/c1-6-16-19(15,17-7-2)18-13-10-8-12(9-11-13)14(3,4)5/h8-11H,6-7H2,1-5H3. The maximum absolute atomic E-state index is 12.2. The van der Waals surface area contributed by atoms with Crippen LogP contribution in [0.25, 0.3) is 0 Å². The number of benzene rings is 1. The fourth-order valence-electron chi connectivity index (χ4n) is 1.55. The lowest BCUT2D eigenvalue weighted by Crippen LogP contribution is -2.10. The van der Waals surface area contributed by atoms with Crippen LogP contribution in [-0.2, 0) is 19.0 Å². The van der Waals surface area contributed by atoms with Gasteiger partial charge in [-0.05, 0) is 37.0 Å². The van der Waals surface area contributed by atoms with E-state index < -0.39 is 7.82 Å². The average molecular weight is 286 g/mol. The molecule has 5 heteroatoms. The van der Waals surface area contributed by atoms with Crippen LogP contribution in [0.3, 0.4) is 0 Å². The first kappa shape index (κ1) is 16.2. The summed E-state index contributed by atoms with van der Waals surface area (Å²) in [4.78, 5) is 0. The number of rotatable bonds is 6. The Morgan fingerprint density at radius 2 is 1.47 bits per heavy atom. The molecule has 108 valence electrons. The van der Waals surface area contributed by atoms with Crippen molar-refractivity contribution in [3.05, 3.63) is 29.8 Å². The van der Waals surface area contributed by atoms with Gasteiger partial charge in [0.1, 0.15) is 5.75 Å². The molecular formula is C14H23O4P. The Kier molecular flexibility index (Phi) is 5.60. The van der Waals surface area contributed by atoms with E-state index in [2.05, 4.69) is 20.8 Å². The van der Waals surface area contributed by atoms with E-state index in [4.69, 9.17) is 13.6 Å². The molecule has 0 heterocycles. The van der Waals surface area contributed by atoms with Crippen LogP contribution in [0.1, 0.15) is 40.2 Å². The molecule has 0 aliphatic carbocycles. The van der Waals surface area contributed by atoms with E-state index in [9.17, 15) is 4.57 Å². The lowest BCUT2D eigenvalue weighted by atomic mass is 9.87. The highest BCUT2D eigenvalue weighted by atomic mass is 31.2. The topological polar surface area (TPSA) is 44.8 Å². The van der Waals surface area contributed by atoms with Crippen molar-refractivity contribution in [3.63, 3.8) is 0 Å². The van der Waals surface area contributed by atoms with Crippen molar-refractivity contribution in [1.82, 2.24) is 0 Å². The predicted octanol–water partition coefficient (Wildman–Crippen LogP) is 4.54. The Morgan fingerprint density at radius 1 is 1.00 bits per heavy atom. The molecule has 0 aliphatic rings. The highest BCUT2D eigenvalue weighted by molar-refractivity contribution is 7.48. The van der Waals surface area contributed by atoms with Crippen LogP contribution < -0.4 is 4.52 Å². The van der Waals surface area contributed by atoms with Crippen LogP contribution in [0, 0.1) is 0 Å². The molecule has 1 rings (SSSR count). The van der Waals surface area contributed by atoms with E-state index in [0.717, 1.165) is 0 Å². The van der Waals surface area contributed by atoms with Crippen LogP contribution in [0.2, 0.25) is 0 Å². The molecule has 0 spiro atoms. The quantitative estimate of drug-likeness (QED) is 0.720. The number of hydrogen-bond donors (Lipinski definition) is 0. The van der Waals surface area contributed by atoms with Crippen LogP contribution in [0.5, 0.6) is 5.75 Å². The molecule has 0 radical (unpaired) electrons. The second kappa shape index (κ2) is 6.56. The first-order valence-electron chi connectivity index (χ1n) is 6.50. The van der Waals surface area contributed by atoms with Gasteiger partial charge in [0, 0.05) is 0 Å². The van der Waals surface area contributed by atoms with Crippen LogP contribution in [0.15, 0.2) is 24.3 Å². The molecule has 0 N–H and O–H groups in total. The third kappa shape index (κ3) is 4.98. The molecule has 0 aliphatic heterocycles. The van der Waals surface area contributed by atoms with Crippen molar-refractivity contribution in [2.24, 2.45) is 0 Å². The van der Waals surface area contributed by atoms with Crippen molar-refractivity contribution >= 4 is 7.82 Å². The summed E-state index contributed by atoms with van der Waals surface area (Å²) in [6, 6.07) is 7.48. The SMILES string of the molecule is CCOP(=O)(OCC)Oc1ccc(C(C)(C)C)cc1. The summed E-state index contributed by atoms with van der Waals surface area (Å²) >= 11 is 0. The number of phosphoric ester groups is 1. The van der Waals surface area contributed by atoms with Gasteiger partial charge in [0.25, 0.3) is 0 Å². The van der Waals surface area contributed by atoms with E-state index in [-0.39, 0.29) is 18.6 Å². The van der Waals surface area contributed by atoms with Crippen LogP contribution >= 0.6 is 7.82 Å². The lowest BCUT2D eigenvalue weighted by molar-refractivity contribution is 0.167. The molecule has 0 amide bonds. The molecule has 0 saturated heterocycles. The summed E-state index contributed by atoms with van der Waals surface area (Å²) in [6.07, 6.45) is 0. The second-order valence-corrected chi connectivity index (χ2v) is 6.74. The summed E-state index contributed by atoms with van der Waals surface area (Å²) in [5.41, 5.74) is 1.25. The molecule has 0 aromatic heterocycles. The first-order chi connectivity index (χ1) is 8.80. The summed E-state index contributed by atoms with van der Waals surface area (Å²) in [5, 5.41) is 0. The Balaban J connectivity index is 2.84. The van der Waals surface area contributed by atoms with Crippen molar-refractivity contribution in [2.45, 2.75) is 40.0 Å². The van der Waals surface area contributed by atoms with Gasteiger partial charge in [-0.3, -0.25) is 9.05 Å². The Labute approximate surface area is 115 Å². The minimum Gasteiger partial charge on any atom is -0.404 e. The van der Waals surface area contributed by atoms with Crippen LogP contribution in [-0.4, -0.2) is 13.2 Å². The van der Waals surface area contributed by atoms with Crippen LogP contribution in [0.4, 0.5) is 0 Å². The summed E-state index contributed by atoms with van der Waals surface area (Å²) < 4.78 is 27.7. The zero-order valence-corrected chi connectivity index (χ0v) is 13.2. The monoisotopic (exact) mass is 286 g/mol. The molecule has 0 unspecified atom stereocenters. The van der Waals surface area contributed by atoms with E-state index in [1.54, 1.807) is 26.0 Å². The van der Waals surface area contributed by atoms with Gasteiger partial charge in [-0.1, -0.05) is 32.9 Å². The van der Waals surface area contributed by atoms with Crippen molar-refractivity contribution in [3.8, 4) is 5.75 Å². The van der Waals surface area contributed by atoms with E-state index in [0.29, 0.717) is 5.75 Å². The third-order valence-electron chi connectivity index (χ3n) is 2.51. The first-order valence-corrected chi connectivity index (χ1v) is 7.96. The molecule has 0 bridgehead atoms. The molecule has 19 heavy (non-hydrogen) atoms. The number of hydrogen-bond acceptors (Lipinski definition) is 4. The van der Waals surface area contributed by atoms with Gasteiger partial charge in [0.15, 0.2) is 0 Å². The minimum absolute atomic E-state index is 0.0715. The fraction of sp³-hybridized carbons (Fsp3) is 0.571. The maximum Gasteiger partial charge on any atom is 0.530 e. The molecule has 0 fully saturated rings. The highest BCUT2D eigenvalue weighted by Gasteiger charge is 2.27. The second-order valence-electron chi connectivity index (χ2n) is 5.15. The van der Waals surface area contributed by atoms with Gasteiger partial charge in [-0.15, -0.1) is 0 Å². The van der Waals surface area contributed by atoms with E-state index in [1.807, 2.05) is 12.1 Å². The van der Waals surface area contributed by atoms with Crippen molar-refractivity contribution < 1.29 is 18.1 Å². The average Bonchev–Trinajstić information content (AvgIpc) is 2.28. The number of phosphoric acid groups is 1. The molecule has 1 aromatic carbocycles. The smallest absolute Gasteiger partial charge is 0.404 e. The van der Waals surface area contributed by atoms with Gasteiger partial charge in [0.2, 0.25) is 0 Å². The third-order valence-corrected chi connectivity index (χ3v) is 4.10. The normalized spacial score (nSPS) is 12.5. The fourth-order valence-corrected chi connectivity index (χ4v) is 2.74. The lowest BCUT2D eigenvalue weighted by Gasteiger charge is -2.20. The van der Waals surface area contributed by atoms with E-state index >= 15 is 0 Å². The minimum atomic E-state index is -3.50. The molecule has 4 nitrogen and oxygen atoms in total. The maximum atomic E-state index is 12.2. The predicted molar refractivity (Wildman–Crippen MR) is 76.6 cm³/mol. The summed E-state index contributed by atoms with van der Waals surface area (Å²) in [7, 11) is -3.50. The Morgan fingerprint density at radius 3 is 1.84 bits per heavy atom. The molecule has 0 saturated carbocycles. The Bertz CT molecular complexity index is 424. The van der Waals surface area contributed by atoms with Crippen molar-refractivity contribution in [2.75, 3.05) is 13.2 Å². The van der Waals surface area contributed by atoms with Crippen molar-refractivity contribution in [1.29, 1.82) is 0 Å². The zero-order valence-electron chi connectivity index (χ0n) is 12.3. The van der Waals surface area contributed by atoms with Gasteiger partial charge in [0.05, 0.1) is 13.2 Å². The van der Waals surface area contributed by atoms with Gasteiger partial charge in [-0.2, -0.15) is 0 Å². The molecule has 0 atom stereocenters. The largest absolute Gasteiger partial charge is 0.530 e. The molecular weight excluding hydrogens is 263 g/mol. The summed E-state index contributed by atoms with van der Waals surface area (Å²) in [5.74, 6) is 0.484. The zero-order chi connectivity index (χ0) is 14.5. The Hall–Kier alpha value is -0.830. The molecule has 1 aromatic rings. The van der Waals surface area contributed by atoms with Gasteiger partial charge < -0.3 is 4.52 Å². The van der Waals surface area contributed by atoms with E-state index in [1.165, 1.54) is 5.56 Å².